The van der Waals surface area contributed by atoms with Gasteiger partial charge in [0.2, 0.25) is 5.91 Å². The molecule has 7 rings (SSSR count). The molecule has 3 heterocycles. The van der Waals surface area contributed by atoms with Crippen LogP contribution in [0.1, 0.15) is 43.8 Å². The number of carbonyl (C=O) groups is 2. The Hall–Kier alpha value is -6.36. The largest absolute Gasteiger partial charge is 0.508 e. The number of hydrogen-bond donors (Lipinski definition) is 2. The van der Waals surface area contributed by atoms with Crippen molar-refractivity contribution in [3.8, 4) is 45.3 Å². The molecule has 262 valence electrons. The van der Waals surface area contributed by atoms with E-state index in [1.807, 2.05) is 48.5 Å². The summed E-state index contributed by atoms with van der Waals surface area (Å²) in [5.41, 5.74) is 4.27. The summed E-state index contributed by atoms with van der Waals surface area (Å²) >= 11 is 0. The third kappa shape index (κ3) is 7.83. The molecule has 1 atom stereocenters. The average molecular weight is 699 g/mol. The summed E-state index contributed by atoms with van der Waals surface area (Å²) in [6.45, 7) is 0.574. The zero-order valence-corrected chi connectivity index (χ0v) is 28.1. The van der Waals surface area contributed by atoms with E-state index in [2.05, 4.69) is 15.4 Å². The maximum Gasteiger partial charge on any atom is 0.271 e. The topological polar surface area (TPSA) is 133 Å². The van der Waals surface area contributed by atoms with Crippen molar-refractivity contribution < 1.29 is 28.6 Å². The van der Waals surface area contributed by atoms with Crippen LogP contribution in [0.5, 0.6) is 23.0 Å². The molecule has 0 saturated carbocycles. The first-order chi connectivity index (χ1) is 25.3. The maximum atomic E-state index is 13.7. The van der Waals surface area contributed by atoms with Gasteiger partial charge in [-0.3, -0.25) is 24.7 Å². The second-order valence-corrected chi connectivity index (χ2v) is 12.6. The van der Waals surface area contributed by atoms with Gasteiger partial charge < -0.3 is 14.6 Å². The molecule has 0 bridgehead atoms. The monoisotopic (exact) mass is 698 g/mol. The molecule has 1 unspecified atom stereocenters. The van der Waals surface area contributed by atoms with Crippen molar-refractivity contribution in [2.75, 3.05) is 6.61 Å². The number of aromatic nitrogens is 3. The number of fused-ring (bicyclic) bond motifs is 1. The Morgan fingerprint density at radius 2 is 1.60 bits per heavy atom. The summed E-state index contributed by atoms with van der Waals surface area (Å²) in [4.78, 5) is 40.6. The molecule has 52 heavy (non-hydrogen) atoms. The average Bonchev–Trinajstić information content (AvgIpc) is 3.14. The zero-order chi connectivity index (χ0) is 36.0. The van der Waals surface area contributed by atoms with Crippen LogP contribution in [0.2, 0.25) is 0 Å². The number of imide groups is 1. The van der Waals surface area contributed by atoms with Crippen LogP contribution in [-0.2, 0) is 16.0 Å². The van der Waals surface area contributed by atoms with Crippen molar-refractivity contribution >= 4 is 22.6 Å². The van der Waals surface area contributed by atoms with Crippen LogP contribution in [-0.4, -0.2) is 38.3 Å². The van der Waals surface area contributed by atoms with Crippen molar-refractivity contribution in [3.05, 3.63) is 131 Å². The van der Waals surface area contributed by atoms with Gasteiger partial charge in [-0.15, -0.1) is 0 Å². The first kappa shape index (κ1) is 34.1. The number of nitrogens with one attached hydrogen (secondary N) is 1. The summed E-state index contributed by atoms with van der Waals surface area (Å²) in [5, 5.41) is 18.3. The predicted molar refractivity (Wildman–Crippen MR) is 194 cm³/mol. The predicted octanol–water partition coefficient (Wildman–Crippen LogP) is 7.53. The van der Waals surface area contributed by atoms with Crippen LogP contribution in [0.4, 0.5) is 4.39 Å². The fourth-order valence-corrected chi connectivity index (χ4v) is 6.35. The quantitative estimate of drug-likeness (QED) is 0.0990. The van der Waals surface area contributed by atoms with E-state index in [9.17, 15) is 23.9 Å². The van der Waals surface area contributed by atoms with Gasteiger partial charge in [0.15, 0.2) is 5.75 Å². The molecule has 2 aromatic heterocycles. The number of unbranched alkanes of at least 4 members (excludes halogenated alkanes) is 2. The number of amides is 2. The number of nitrogens with zero attached hydrogens (tertiary/aromatic N) is 3. The van der Waals surface area contributed by atoms with E-state index < -0.39 is 17.5 Å². The molecular weight excluding hydrogens is 663 g/mol. The number of carbonyl (C=O) groups excluding carboxylic acids is 2. The number of ether oxygens (including phenoxy) is 2. The number of aryl methyl sites for hydroxylation is 1. The highest BCUT2D eigenvalue weighted by Crippen LogP contribution is 2.39. The number of hydrogen-bond acceptors (Lipinski definition) is 8. The molecular formula is C41H35FN4O6. The second-order valence-electron chi connectivity index (χ2n) is 12.6. The van der Waals surface area contributed by atoms with Gasteiger partial charge in [0, 0.05) is 18.2 Å². The number of rotatable bonds is 12. The van der Waals surface area contributed by atoms with Gasteiger partial charge >= 0.3 is 0 Å². The van der Waals surface area contributed by atoms with Gasteiger partial charge in [-0.05, 0) is 114 Å². The van der Waals surface area contributed by atoms with Crippen LogP contribution < -0.4 is 20.3 Å². The molecule has 11 heteroatoms. The third-order valence-electron chi connectivity index (χ3n) is 8.99. The molecule has 2 amide bonds. The van der Waals surface area contributed by atoms with Gasteiger partial charge in [-0.1, -0.05) is 42.5 Å². The highest BCUT2D eigenvalue weighted by molar-refractivity contribution is 6.04. The van der Waals surface area contributed by atoms with E-state index in [0.717, 1.165) is 74.8 Å². The first-order valence-electron chi connectivity index (χ1n) is 17.1. The minimum absolute atomic E-state index is 0.148. The Balaban J connectivity index is 0.891. The van der Waals surface area contributed by atoms with E-state index >= 15 is 0 Å². The van der Waals surface area contributed by atoms with Gasteiger partial charge in [0.1, 0.15) is 29.1 Å². The highest BCUT2D eigenvalue weighted by atomic mass is 19.1. The lowest BCUT2D eigenvalue weighted by atomic mass is 9.89. The van der Waals surface area contributed by atoms with Crippen molar-refractivity contribution in [2.24, 2.45) is 0 Å². The number of aromatic hydroxyl groups is 1. The van der Waals surface area contributed by atoms with Gasteiger partial charge in [-0.2, -0.15) is 5.10 Å². The summed E-state index contributed by atoms with van der Waals surface area (Å²) in [6.07, 6.45) is 6.87. The van der Waals surface area contributed by atoms with E-state index in [1.165, 1.54) is 24.4 Å². The Kier molecular flexibility index (Phi) is 10.0. The molecule has 1 saturated heterocycles. The van der Waals surface area contributed by atoms with E-state index in [-0.39, 0.29) is 36.1 Å². The molecule has 0 spiro atoms. The number of phenols is 1. The van der Waals surface area contributed by atoms with Crippen LogP contribution in [0.25, 0.3) is 33.0 Å². The SMILES string of the molecule is O=C1CCC(n2ncc(Oc3ccc(CCCCCOc4ccc(-c5c(-c6ccc(F)cc6)ccc6cc(O)ccc56)cc4)nc3)cc2=O)C(=O)N1. The lowest BCUT2D eigenvalue weighted by molar-refractivity contribution is -0.136. The van der Waals surface area contributed by atoms with Gasteiger partial charge in [0.05, 0.1) is 19.0 Å². The fourth-order valence-electron chi connectivity index (χ4n) is 6.35. The normalized spacial score (nSPS) is 14.3. The third-order valence-corrected chi connectivity index (χ3v) is 8.99. The number of phenolic OH excluding ortho intramolecular Hbond substituents is 1. The smallest absolute Gasteiger partial charge is 0.271 e. The zero-order valence-electron chi connectivity index (χ0n) is 28.1. The van der Waals surface area contributed by atoms with Crippen molar-refractivity contribution in [3.63, 3.8) is 0 Å². The van der Waals surface area contributed by atoms with Crippen LogP contribution in [0, 0.1) is 5.82 Å². The molecule has 1 fully saturated rings. The Labute approximate surface area is 298 Å². The van der Waals surface area contributed by atoms with Crippen LogP contribution >= 0.6 is 0 Å². The van der Waals surface area contributed by atoms with Gasteiger partial charge in [-0.25, -0.2) is 9.07 Å². The summed E-state index contributed by atoms with van der Waals surface area (Å²) in [7, 11) is 0. The second kappa shape index (κ2) is 15.3. The van der Waals surface area contributed by atoms with Crippen LogP contribution in [0.3, 0.4) is 0 Å². The summed E-state index contributed by atoms with van der Waals surface area (Å²) in [5.74, 6) is 0.451. The van der Waals surface area contributed by atoms with Crippen LogP contribution in [0.15, 0.2) is 114 Å². The molecule has 0 aliphatic carbocycles. The molecule has 1 aliphatic rings. The Morgan fingerprint density at radius 3 is 2.35 bits per heavy atom. The van der Waals surface area contributed by atoms with Crippen molar-refractivity contribution in [1.29, 1.82) is 0 Å². The highest BCUT2D eigenvalue weighted by Gasteiger charge is 2.29. The van der Waals surface area contributed by atoms with E-state index in [1.54, 1.807) is 36.5 Å². The van der Waals surface area contributed by atoms with E-state index in [0.29, 0.717) is 12.4 Å². The molecule has 10 nitrogen and oxygen atoms in total. The number of pyridine rings is 1. The number of benzene rings is 4. The maximum absolute atomic E-state index is 13.7. The van der Waals surface area contributed by atoms with Crippen molar-refractivity contribution in [1.82, 2.24) is 20.1 Å². The molecule has 0 radical (unpaired) electrons. The summed E-state index contributed by atoms with van der Waals surface area (Å²) in [6, 6.07) is 27.8. The number of halogens is 1. The first-order valence-corrected chi connectivity index (χ1v) is 17.1. The van der Waals surface area contributed by atoms with Crippen molar-refractivity contribution in [2.45, 2.75) is 44.6 Å². The molecule has 6 aromatic rings. The molecule has 1 aliphatic heterocycles. The minimum Gasteiger partial charge on any atom is -0.508 e. The Bertz CT molecular complexity index is 2290. The lowest BCUT2D eigenvalue weighted by Crippen LogP contribution is -2.45. The standard InChI is InChI=1S/C41H35FN4O6/c42-29-10-5-26(6-11-29)35-17-9-28-22-31(47)13-18-36(28)40(35)27-7-14-32(15-8-27)51-21-3-1-2-4-30-12-16-33(24-43-30)52-34-23-39(49)46(44-25-34)37-19-20-38(48)45-41(37)50/h5-18,22-25,37,47H,1-4,19-21H2,(H,45,48,50). The summed E-state index contributed by atoms with van der Waals surface area (Å²) < 4.78 is 26.6. The molecule has 4 aromatic carbocycles. The fraction of sp³-hybridized carbons (Fsp3) is 0.195. The Morgan fingerprint density at radius 1 is 0.808 bits per heavy atom. The number of piperidine rings is 1. The minimum atomic E-state index is -0.831. The molecule has 2 N–H and O–H groups in total. The van der Waals surface area contributed by atoms with Gasteiger partial charge in [0.25, 0.3) is 11.5 Å². The lowest BCUT2D eigenvalue weighted by Gasteiger charge is -2.21. The van der Waals surface area contributed by atoms with E-state index in [4.69, 9.17) is 9.47 Å².